The van der Waals surface area contributed by atoms with Crippen LogP contribution < -0.4 is 5.32 Å². The minimum atomic E-state index is -4.26. The van der Waals surface area contributed by atoms with Gasteiger partial charge in [0.1, 0.15) is 0 Å². The molecule has 20 heavy (non-hydrogen) atoms. The molecule has 2 rings (SSSR count). The summed E-state index contributed by atoms with van der Waals surface area (Å²) in [6, 6.07) is 5.82. The van der Waals surface area contributed by atoms with Crippen LogP contribution >= 0.6 is 0 Å². The third-order valence-electron chi connectivity index (χ3n) is 4.01. The molecule has 112 valence electrons. The fraction of sp³-hybridized carbons (Fsp3) is 0.600. The Balaban J connectivity index is 2.16. The quantitative estimate of drug-likeness (QED) is 0.913. The third kappa shape index (κ3) is 3.33. The van der Waals surface area contributed by atoms with Crippen LogP contribution in [0.2, 0.25) is 0 Å². The summed E-state index contributed by atoms with van der Waals surface area (Å²) >= 11 is 0. The van der Waals surface area contributed by atoms with Crippen molar-refractivity contribution in [3.63, 3.8) is 0 Å². The van der Waals surface area contributed by atoms with Gasteiger partial charge in [0, 0.05) is 6.04 Å². The van der Waals surface area contributed by atoms with Crippen LogP contribution in [0.5, 0.6) is 0 Å². The van der Waals surface area contributed by atoms with Gasteiger partial charge in [-0.25, -0.2) is 0 Å². The first-order chi connectivity index (χ1) is 9.43. The van der Waals surface area contributed by atoms with Crippen molar-refractivity contribution in [1.29, 1.82) is 0 Å². The zero-order valence-electron chi connectivity index (χ0n) is 11.9. The molecule has 1 saturated heterocycles. The van der Waals surface area contributed by atoms with Gasteiger partial charge in [-0.3, -0.25) is 4.90 Å². The minimum absolute atomic E-state index is 0.205. The van der Waals surface area contributed by atoms with E-state index >= 15 is 0 Å². The molecule has 1 aliphatic heterocycles. The second kappa shape index (κ2) is 6.14. The molecule has 2 nitrogen and oxygen atoms in total. The maximum absolute atomic E-state index is 12.6. The van der Waals surface area contributed by atoms with Crippen molar-refractivity contribution in [3.05, 3.63) is 35.4 Å². The molecule has 2 atom stereocenters. The molecule has 0 aromatic heterocycles. The first-order valence-electron chi connectivity index (χ1n) is 7.01. The molecule has 0 radical (unpaired) electrons. The molecule has 0 amide bonds. The summed E-state index contributed by atoms with van der Waals surface area (Å²) in [6.45, 7) is 4.88. The van der Waals surface area contributed by atoms with Gasteiger partial charge in [-0.2, -0.15) is 13.2 Å². The lowest BCUT2D eigenvalue weighted by molar-refractivity contribution is -0.137. The topological polar surface area (TPSA) is 15.3 Å². The highest BCUT2D eigenvalue weighted by atomic mass is 19.4. The Bertz CT molecular complexity index is 428. The normalized spacial score (nSPS) is 24.2. The maximum atomic E-state index is 12.6. The van der Waals surface area contributed by atoms with E-state index in [2.05, 4.69) is 17.1 Å². The Kier molecular flexibility index (Phi) is 4.70. The van der Waals surface area contributed by atoms with E-state index in [4.69, 9.17) is 0 Å². The molecule has 5 heteroatoms. The van der Waals surface area contributed by atoms with Crippen LogP contribution in [-0.4, -0.2) is 31.6 Å². The highest BCUT2D eigenvalue weighted by Crippen LogP contribution is 2.37. The second-order valence-corrected chi connectivity index (χ2v) is 5.40. The zero-order valence-corrected chi connectivity index (χ0v) is 11.9. The summed E-state index contributed by atoms with van der Waals surface area (Å²) in [5.41, 5.74) is 0.394. The largest absolute Gasteiger partial charge is 0.416 e. The summed E-state index contributed by atoms with van der Waals surface area (Å²) < 4.78 is 37.8. The lowest BCUT2D eigenvalue weighted by atomic mass is 9.93. The van der Waals surface area contributed by atoms with Crippen LogP contribution in [0.15, 0.2) is 24.3 Å². The fourth-order valence-corrected chi connectivity index (χ4v) is 2.97. The monoisotopic (exact) mass is 286 g/mol. The van der Waals surface area contributed by atoms with Crippen molar-refractivity contribution in [2.24, 2.45) is 5.92 Å². The lowest BCUT2D eigenvalue weighted by Crippen LogP contribution is -2.28. The average molecular weight is 286 g/mol. The van der Waals surface area contributed by atoms with Gasteiger partial charge in [0.15, 0.2) is 0 Å². The van der Waals surface area contributed by atoms with E-state index in [-0.39, 0.29) is 6.04 Å². The molecule has 1 fully saturated rings. The van der Waals surface area contributed by atoms with Crippen LogP contribution in [0.4, 0.5) is 13.2 Å². The van der Waals surface area contributed by atoms with Gasteiger partial charge in [0.25, 0.3) is 0 Å². The van der Waals surface area contributed by atoms with E-state index in [0.717, 1.165) is 31.6 Å². The number of alkyl halides is 3. The number of benzene rings is 1. The van der Waals surface area contributed by atoms with Crippen LogP contribution in [0.25, 0.3) is 0 Å². The highest BCUT2D eigenvalue weighted by Gasteiger charge is 2.34. The molecule has 0 spiro atoms. The van der Waals surface area contributed by atoms with Gasteiger partial charge in [-0.1, -0.05) is 19.1 Å². The van der Waals surface area contributed by atoms with Crippen LogP contribution in [0, 0.1) is 5.92 Å². The molecule has 0 bridgehead atoms. The zero-order chi connectivity index (χ0) is 14.8. The number of likely N-dealkylation sites (tertiary alicyclic amines) is 1. The van der Waals surface area contributed by atoms with E-state index < -0.39 is 11.7 Å². The third-order valence-corrected chi connectivity index (χ3v) is 4.01. The molecule has 1 N–H and O–H groups in total. The second-order valence-electron chi connectivity index (χ2n) is 5.40. The molecule has 1 aromatic carbocycles. The Morgan fingerprint density at radius 1 is 1.25 bits per heavy atom. The van der Waals surface area contributed by atoms with E-state index in [1.165, 1.54) is 12.1 Å². The molecular formula is C15H21F3N2. The minimum Gasteiger partial charge on any atom is -0.317 e. The Morgan fingerprint density at radius 2 is 1.90 bits per heavy atom. The summed E-state index contributed by atoms with van der Waals surface area (Å²) in [6.07, 6.45) is -3.18. The molecule has 1 aliphatic rings. The van der Waals surface area contributed by atoms with Crippen molar-refractivity contribution in [2.75, 3.05) is 26.7 Å². The van der Waals surface area contributed by atoms with Crippen molar-refractivity contribution >= 4 is 0 Å². The number of hydrogen-bond donors (Lipinski definition) is 1. The van der Waals surface area contributed by atoms with Crippen LogP contribution in [-0.2, 0) is 6.18 Å². The van der Waals surface area contributed by atoms with Gasteiger partial charge in [-0.05, 0) is 56.7 Å². The van der Waals surface area contributed by atoms with Gasteiger partial charge in [0.05, 0.1) is 5.56 Å². The van der Waals surface area contributed by atoms with Crippen LogP contribution in [0.1, 0.15) is 30.5 Å². The molecular weight excluding hydrogens is 265 g/mol. The summed E-state index contributed by atoms with van der Waals surface area (Å²) in [4.78, 5) is 2.23. The predicted octanol–water partition coefficient (Wildman–Crippen LogP) is 3.31. The number of nitrogens with zero attached hydrogens (tertiary/aromatic N) is 1. The van der Waals surface area contributed by atoms with E-state index in [1.807, 2.05) is 7.05 Å². The van der Waals surface area contributed by atoms with Gasteiger partial charge >= 0.3 is 6.18 Å². The number of halogens is 3. The van der Waals surface area contributed by atoms with Crippen molar-refractivity contribution < 1.29 is 13.2 Å². The maximum Gasteiger partial charge on any atom is 0.416 e. The average Bonchev–Trinajstić information content (AvgIpc) is 2.76. The Hall–Kier alpha value is -1.07. The van der Waals surface area contributed by atoms with E-state index in [0.29, 0.717) is 5.92 Å². The summed E-state index contributed by atoms with van der Waals surface area (Å²) in [5, 5.41) is 3.34. The highest BCUT2D eigenvalue weighted by molar-refractivity contribution is 5.28. The Labute approximate surface area is 118 Å². The van der Waals surface area contributed by atoms with E-state index in [9.17, 15) is 13.2 Å². The SMILES string of the molecule is CCNCC1CCN(C)C1c1ccc(C(F)(F)F)cc1. The van der Waals surface area contributed by atoms with Gasteiger partial charge < -0.3 is 5.32 Å². The number of rotatable bonds is 4. The lowest BCUT2D eigenvalue weighted by Gasteiger charge is -2.26. The summed E-state index contributed by atoms with van der Waals surface area (Å²) in [5.74, 6) is 0.455. The van der Waals surface area contributed by atoms with Crippen molar-refractivity contribution in [1.82, 2.24) is 10.2 Å². The fourth-order valence-electron chi connectivity index (χ4n) is 2.97. The smallest absolute Gasteiger partial charge is 0.317 e. The molecule has 1 aromatic rings. The van der Waals surface area contributed by atoms with E-state index in [1.54, 1.807) is 12.1 Å². The predicted molar refractivity (Wildman–Crippen MR) is 73.5 cm³/mol. The summed E-state index contributed by atoms with van der Waals surface area (Å²) in [7, 11) is 2.04. The van der Waals surface area contributed by atoms with Crippen molar-refractivity contribution in [3.8, 4) is 0 Å². The molecule has 0 aliphatic carbocycles. The molecule has 2 unspecified atom stereocenters. The first kappa shape index (κ1) is 15.3. The van der Waals surface area contributed by atoms with Crippen molar-refractivity contribution in [2.45, 2.75) is 25.6 Å². The Morgan fingerprint density at radius 3 is 2.45 bits per heavy atom. The number of hydrogen-bond acceptors (Lipinski definition) is 2. The number of nitrogens with one attached hydrogen (secondary N) is 1. The standard InChI is InChI=1S/C15H21F3N2/c1-3-19-10-12-8-9-20(2)14(12)11-4-6-13(7-5-11)15(16,17)18/h4-7,12,14,19H,3,8-10H2,1-2H3. The van der Waals surface area contributed by atoms with Gasteiger partial charge in [-0.15, -0.1) is 0 Å². The first-order valence-corrected chi connectivity index (χ1v) is 7.01. The molecule has 1 heterocycles. The molecule has 0 saturated carbocycles. The van der Waals surface area contributed by atoms with Crippen LogP contribution in [0.3, 0.4) is 0 Å². The van der Waals surface area contributed by atoms with Gasteiger partial charge in [0.2, 0.25) is 0 Å².